The average molecular weight is 422 g/mol. The fourth-order valence-electron chi connectivity index (χ4n) is 1.67. The minimum Gasteiger partial charge on any atom is -0.442 e. The third-order valence-electron chi connectivity index (χ3n) is 2.39. The summed E-state index contributed by atoms with van der Waals surface area (Å²) in [6.07, 6.45) is 3.66. The maximum Gasteiger partial charge on any atom is 0.181 e. The van der Waals surface area contributed by atoms with Crippen LogP contribution in [-0.2, 0) is 0 Å². The van der Waals surface area contributed by atoms with Crippen LogP contribution in [-0.4, -0.2) is 14.5 Å². The molecule has 1 atom stereocenters. The molecule has 0 aliphatic rings. The van der Waals surface area contributed by atoms with E-state index in [4.69, 9.17) is 4.42 Å². The van der Waals surface area contributed by atoms with Gasteiger partial charge in [-0.15, -0.1) is 0 Å². The van der Waals surface area contributed by atoms with E-state index in [1.54, 1.807) is 6.20 Å². The summed E-state index contributed by atoms with van der Waals surface area (Å²) in [6.45, 7) is 0. The monoisotopic (exact) mass is 421 g/mol. The van der Waals surface area contributed by atoms with E-state index in [9.17, 15) is 0 Å². The van der Waals surface area contributed by atoms with Crippen molar-refractivity contribution in [2.45, 2.75) is 0 Å². The Morgan fingerprint density at radius 3 is 3.00 bits per heavy atom. The molecule has 0 fully saturated rings. The summed E-state index contributed by atoms with van der Waals surface area (Å²) >= 11 is 5.79. The first-order chi connectivity index (χ1) is 8.29. The maximum absolute atomic E-state index is 5.32. The molecule has 4 nitrogen and oxygen atoms in total. The molecule has 0 aliphatic carbocycles. The lowest BCUT2D eigenvalue weighted by Gasteiger charge is -1.95. The van der Waals surface area contributed by atoms with Crippen LogP contribution in [0, 0.1) is 0 Å². The topological polar surface area (TPSA) is 43.9 Å². The summed E-state index contributed by atoms with van der Waals surface area (Å²) in [7, 11) is 0. The van der Waals surface area contributed by atoms with E-state index in [0.717, 1.165) is 21.1 Å². The van der Waals surface area contributed by atoms with Gasteiger partial charge in [0.1, 0.15) is 5.69 Å². The molecule has 0 saturated carbocycles. The molecule has 17 heavy (non-hydrogen) atoms. The zero-order valence-corrected chi connectivity index (χ0v) is 13.1. The van der Waals surface area contributed by atoms with Crippen LogP contribution in [0.25, 0.3) is 22.4 Å². The Hall–Kier alpha value is -0.460. The molecule has 2 aromatic heterocycles. The molecule has 0 amide bonds. The van der Waals surface area contributed by atoms with Crippen molar-refractivity contribution < 1.29 is 4.42 Å². The molecule has 1 unspecified atom stereocenters. The normalized spacial score (nSPS) is 11.9. The summed E-state index contributed by atoms with van der Waals surface area (Å²) in [4.78, 5) is 3.94. The van der Waals surface area contributed by atoms with Crippen molar-refractivity contribution in [3.63, 3.8) is 0 Å². The highest BCUT2D eigenvalue weighted by atomic mass is 127. The number of aromatic nitrogens is 3. The molecule has 1 aromatic carbocycles. The predicted molar refractivity (Wildman–Crippen MR) is 80.7 cm³/mol. The SMILES string of the molecule is Brc1ccc2c(c1)c(-c1cnco1)nn2PI. The molecule has 0 spiro atoms. The number of oxazole rings is 1. The van der Waals surface area contributed by atoms with Gasteiger partial charge in [-0.25, -0.2) is 9.44 Å². The van der Waals surface area contributed by atoms with Crippen LogP contribution in [0.1, 0.15) is 0 Å². The smallest absolute Gasteiger partial charge is 0.181 e. The molecule has 0 radical (unpaired) electrons. The molecule has 0 aliphatic heterocycles. The maximum atomic E-state index is 5.32. The Morgan fingerprint density at radius 2 is 2.29 bits per heavy atom. The van der Waals surface area contributed by atoms with Crippen molar-refractivity contribution in [3.05, 3.63) is 35.3 Å². The molecule has 2 heterocycles. The Balaban J connectivity index is 2.34. The molecule has 3 rings (SSSR count). The van der Waals surface area contributed by atoms with Gasteiger partial charge in [0.25, 0.3) is 0 Å². The van der Waals surface area contributed by atoms with Crippen molar-refractivity contribution in [2.75, 3.05) is 0 Å². The molecular weight excluding hydrogens is 416 g/mol. The van der Waals surface area contributed by atoms with Crippen LogP contribution < -0.4 is 0 Å². The van der Waals surface area contributed by atoms with E-state index in [-0.39, 0.29) is 0 Å². The van der Waals surface area contributed by atoms with E-state index < -0.39 is 0 Å². The number of hydrogen-bond donors (Lipinski definition) is 0. The second-order valence-electron chi connectivity index (χ2n) is 3.37. The van der Waals surface area contributed by atoms with Gasteiger partial charge in [-0.05, 0) is 40.2 Å². The van der Waals surface area contributed by atoms with E-state index >= 15 is 0 Å². The van der Waals surface area contributed by atoms with E-state index in [2.05, 4.69) is 54.1 Å². The van der Waals surface area contributed by atoms with Gasteiger partial charge in [0.15, 0.2) is 12.2 Å². The second kappa shape index (κ2) is 4.66. The number of fused-ring (bicyclic) bond motifs is 1. The summed E-state index contributed by atoms with van der Waals surface area (Å²) < 4.78 is 8.33. The molecular formula is C10H6BrIN3OP. The highest BCUT2D eigenvalue weighted by molar-refractivity contribution is 14.2. The van der Waals surface area contributed by atoms with Crippen LogP contribution >= 0.6 is 44.3 Å². The Morgan fingerprint density at radius 1 is 1.41 bits per heavy atom. The molecule has 0 N–H and O–H groups in total. The molecule has 0 saturated heterocycles. The van der Waals surface area contributed by atoms with Gasteiger partial charge < -0.3 is 4.42 Å². The molecule has 3 aromatic rings. The zero-order valence-electron chi connectivity index (χ0n) is 8.39. The summed E-state index contributed by atoms with van der Waals surface area (Å²) in [6, 6.07) is 6.12. The van der Waals surface area contributed by atoms with Gasteiger partial charge in [0.05, 0.1) is 18.1 Å². The second-order valence-corrected chi connectivity index (χ2v) is 6.33. The number of hydrogen-bond acceptors (Lipinski definition) is 3. The quantitative estimate of drug-likeness (QED) is 0.459. The molecule has 7 heteroatoms. The van der Waals surface area contributed by atoms with Gasteiger partial charge in [-0.3, -0.25) is 0 Å². The Bertz CT molecular complexity index is 668. The number of benzene rings is 1. The third kappa shape index (κ3) is 2.02. The van der Waals surface area contributed by atoms with Gasteiger partial charge >= 0.3 is 0 Å². The minimum absolute atomic E-state index is 0.554. The summed E-state index contributed by atoms with van der Waals surface area (Å²) in [5.74, 6) is 0.696. The Kier molecular flexibility index (Phi) is 3.19. The van der Waals surface area contributed by atoms with Crippen LogP contribution in [0.2, 0.25) is 0 Å². The largest absolute Gasteiger partial charge is 0.442 e. The fourth-order valence-corrected chi connectivity index (χ4v) is 3.56. The summed E-state index contributed by atoms with van der Waals surface area (Å²) in [5, 5.41) is 5.63. The fraction of sp³-hybridized carbons (Fsp3) is 0. The minimum atomic E-state index is 0.554. The van der Waals surface area contributed by atoms with E-state index in [0.29, 0.717) is 12.1 Å². The van der Waals surface area contributed by atoms with Crippen molar-refractivity contribution in [2.24, 2.45) is 0 Å². The highest BCUT2D eigenvalue weighted by Crippen LogP contribution is 2.35. The lowest BCUT2D eigenvalue weighted by Crippen LogP contribution is -1.82. The van der Waals surface area contributed by atoms with Gasteiger partial charge in [-0.1, -0.05) is 15.9 Å². The van der Waals surface area contributed by atoms with Crippen molar-refractivity contribution in [3.8, 4) is 11.5 Å². The zero-order chi connectivity index (χ0) is 11.8. The van der Waals surface area contributed by atoms with E-state index in [1.165, 1.54) is 6.39 Å². The van der Waals surface area contributed by atoms with Crippen molar-refractivity contribution >= 4 is 55.2 Å². The predicted octanol–water partition coefficient (Wildman–Crippen LogP) is 4.25. The van der Waals surface area contributed by atoms with Crippen molar-refractivity contribution in [1.29, 1.82) is 0 Å². The van der Waals surface area contributed by atoms with Gasteiger partial charge in [0.2, 0.25) is 0 Å². The summed E-state index contributed by atoms with van der Waals surface area (Å²) in [5.41, 5.74) is 1.94. The average Bonchev–Trinajstić information content (AvgIpc) is 2.94. The third-order valence-corrected chi connectivity index (χ3v) is 4.75. The first-order valence-electron chi connectivity index (χ1n) is 4.73. The van der Waals surface area contributed by atoms with Crippen molar-refractivity contribution in [1.82, 2.24) is 14.5 Å². The number of nitrogens with zero attached hydrogens (tertiary/aromatic N) is 3. The van der Waals surface area contributed by atoms with Gasteiger partial charge in [0, 0.05) is 9.86 Å². The standard InChI is InChI=1S/C10H6BrIN3OP/c11-6-1-2-8-7(3-6)10(14-15(8)17-12)9-4-13-5-16-9/h1-5,17H. The van der Waals surface area contributed by atoms with Crippen LogP contribution in [0.4, 0.5) is 0 Å². The molecule has 0 bridgehead atoms. The van der Waals surface area contributed by atoms with Crippen LogP contribution in [0.15, 0.2) is 39.7 Å². The van der Waals surface area contributed by atoms with Gasteiger partial charge in [-0.2, -0.15) is 5.10 Å². The first-order valence-corrected chi connectivity index (χ1v) is 9.59. The number of rotatable bonds is 2. The molecule has 86 valence electrons. The van der Waals surface area contributed by atoms with E-state index in [1.807, 2.05) is 16.6 Å². The van der Waals surface area contributed by atoms with Crippen LogP contribution in [0.5, 0.6) is 0 Å². The number of halogens is 2. The Labute approximate surface area is 120 Å². The lowest BCUT2D eigenvalue weighted by molar-refractivity contribution is 0.570. The first kappa shape index (κ1) is 11.6. The van der Waals surface area contributed by atoms with Crippen LogP contribution in [0.3, 0.4) is 0 Å². The lowest BCUT2D eigenvalue weighted by atomic mass is 10.2. The highest BCUT2D eigenvalue weighted by Gasteiger charge is 2.14.